The molecule has 4 aromatic carbocycles. The molecule has 298 valence electrons. The Morgan fingerprint density at radius 2 is 0.860 bits per heavy atom. The summed E-state index contributed by atoms with van der Waals surface area (Å²) in [4.78, 5) is 3.57. The van der Waals surface area contributed by atoms with Crippen LogP contribution in [0, 0.1) is 37.5 Å². The summed E-state index contributed by atoms with van der Waals surface area (Å²) >= 11 is 0. The molecule has 0 saturated heterocycles. The van der Waals surface area contributed by atoms with E-state index in [0.29, 0.717) is 33.9 Å². The molecule has 0 atom stereocenters. The van der Waals surface area contributed by atoms with E-state index in [1.807, 2.05) is 56.3 Å². The molecule has 14 heteroatoms. The lowest BCUT2D eigenvalue weighted by Crippen LogP contribution is -2.16. The second-order valence-electron chi connectivity index (χ2n) is 15.3. The van der Waals surface area contributed by atoms with Crippen LogP contribution >= 0.6 is 0 Å². The quantitative estimate of drug-likeness (QED) is 0.101. The van der Waals surface area contributed by atoms with E-state index >= 15 is 0 Å². The molecule has 0 fully saturated rings. The Kier molecular flexibility index (Phi) is 13.4. The van der Waals surface area contributed by atoms with Gasteiger partial charge in [0.05, 0.1) is 21.2 Å². The number of halogens is 4. The van der Waals surface area contributed by atoms with E-state index in [-0.39, 0.29) is 20.6 Å². The third kappa shape index (κ3) is 13.3. The van der Waals surface area contributed by atoms with Gasteiger partial charge in [-0.3, -0.25) is 9.44 Å². The fourth-order valence-corrected chi connectivity index (χ4v) is 7.29. The second kappa shape index (κ2) is 17.3. The summed E-state index contributed by atoms with van der Waals surface area (Å²) < 4.78 is 97.6. The number of rotatable bonds is 6. The standard InChI is InChI=1S/C43H43N3O4S2.BF4/c1-30-12-22-38(23-13-30)51(47,48)45-40-26-18-34(42(3,4)5)28-32(40)16-20-36-10-9-11-37(44-36)21-17-33-29-35(43(6,7)8)19-27-41(33)46-52(49,50)39-24-14-31(2)15-25-39;2-1(3,4)5/h9-15,18-19,22-29,45-46H,1-8H3;/q;-1/p+1. The highest BCUT2D eigenvalue weighted by Gasteiger charge is 2.22. The van der Waals surface area contributed by atoms with E-state index in [1.54, 1.807) is 60.7 Å². The van der Waals surface area contributed by atoms with Crippen molar-refractivity contribution in [3.05, 3.63) is 148 Å². The van der Waals surface area contributed by atoms with Crippen molar-refractivity contribution in [2.24, 2.45) is 0 Å². The van der Waals surface area contributed by atoms with Crippen LogP contribution in [0.4, 0.5) is 28.6 Å². The van der Waals surface area contributed by atoms with E-state index in [1.165, 1.54) is 0 Å². The second-order valence-corrected chi connectivity index (χ2v) is 18.7. The number of aromatic amines is 1. The third-order valence-corrected chi connectivity index (χ3v) is 11.1. The molecular formula is C43H44BF4N3O4S2. The number of anilines is 2. The Balaban J connectivity index is 0.00000135. The maximum absolute atomic E-state index is 13.3. The van der Waals surface area contributed by atoms with Gasteiger partial charge in [-0.25, -0.2) is 16.8 Å². The highest BCUT2D eigenvalue weighted by atomic mass is 32.2. The molecular weight excluding hydrogens is 773 g/mol. The molecule has 0 radical (unpaired) electrons. The van der Waals surface area contributed by atoms with Crippen LogP contribution in [0.1, 0.15) is 86.3 Å². The summed E-state index contributed by atoms with van der Waals surface area (Å²) in [6, 6.07) is 29.9. The smallest absolute Gasteiger partial charge is 0.418 e. The predicted molar refractivity (Wildman–Crippen MR) is 219 cm³/mol. The van der Waals surface area contributed by atoms with E-state index < -0.39 is 27.3 Å². The van der Waals surface area contributed by atoms with Crippen LogP contribution < -0.4 is 14.4 Å². The number of benzene rings is 4. The number of sulfonamides is 2. The maximum Gasteiger partial charge on any atom is 0.673 e. The van der Waals surface area contributed by atoms with Gasteiger partial charge in [-0.2, -0.15) is 4.98 Å². The number of hydrogen-bond acceptors (Lipinski definition) is 4. The van der Waals surface area contributed by atoms with Gasteiger partial charge in [0.1, 0.15) is 0 Å². The fraction of sp³-hybridized carbons (Fsp3) is 0.233. The first-order chi connectivity index (χ1) is 26.3. The van der Waals surface area contributed by atoms with E-state index in [9.17, 15) is 34.1 Å². The van der Waals surface area contributed by atoms with Gasteiger partial charge in [0.2, 0.25) is 0 Å². The van der Waals surface area contributed by atoms with Crippen molar-refractivity contribution in [2.45, 2.75) is 76.0 Å². The molecule has 0 amide bonds. The van der Waals surface area contributed by atoms with Crippen LogP contribution in [-0.4, -0.2) is 24.1 Å². The number of aryl methyl sites for hydroxylation is 2. The van der Waals surface area contributed by atoms with Crippen molar-refractivity contribution >= 4 is 38.7 Å². The minimum atomic E-state index is -6.00. The minimum absolute atomic E-state index is 0.163. The molecule has 1 heterocycles. The topological polar surface area (TPSA) is 106 Å². The van der Waals surface area contributed by atoms with Gasteiger partial charge in [0.25, 0.3) is 31.4 Å². The number of aromatic nitrogens is 1. The first kappa shape index (κ1) is 44.2. The van der Waals surface area contributed by atoms with Crippen molar-refractivity contribution in [3.63, 3.8) is 0 Å². The minimum Gasteiger partial charge on any atom is -0.418 e. The number of nitrogens with one attached hydrogen (secondary N) is 3. The SMILES string of the molecule is Cc1ccc(S(=O)(=O)Nc2ccc(C(C)(C)C)cc2C#Cc2cccc(C#Cc3cc(C(C)(C)C)ccc3NS(=O)(=O)c3ccc(C)cc3)[nH+]2)cc1.F[B-](F)(F)F. The van der Waals surface area contributed by atoms with Gasteiger partial charge in [0.15, 0.2) is 0 Å². The zero-order valence-electron chi connectivity index (χ0n) is 32.9. The number of pyridine rings is 1. The molecule has 3 N–H and O–H groups in total. The Morgan fingerprint density at radius 3 is 1.18 bits per heavy atom. The number of H-pyrrole nitrogens is 1. The molecule has 1 aromatic heterocycles. The van der Waals surface area contributed by atoms with Gasteiger partial charge >= 0.3 is 7.25 Å². The van der Waals surface area contributed by atoms with E-state index in [0.717, 1.165) is 22.3 Å². The fourth-order valence-electron chi connectivity index (χ4n) is 5.13. The molecule has 5 rings (SSSR count). The highest BCUT2D eigenvalue weighted by Crippen LogP contribution is 2.30. The monoisotopic (exact) mass is 817 g/mol. The Hall–Kier alpha value is -5.57. The molecule has 0 aliphatic heterocycles. The molecule has 7 nitrogen and oxygen atoms in total. The molecule has 57 heavy (non-hydrogen) atoms. The van der Waals surface area contributed by atoms with Gasteiger partial charge in [-0.15, -0.1) is 0 Å². The van der Waals surface area contributed by atoms with Crippen LogP contribution in [-0.2, 0) is 30.9 Å². The van der Waals surface area contributed by atoms with Gasteiger partial charge in [0, 0.05) is 35.1 Å². The molecule has 0 saturated carbocycles. The normalized spacial score (nSPS) is 11.9. The third-order valence-electron chi connectivity index (χ3n) is 8.38. The lowest BCUT2D eigenvalue weighted by molar-refractivity contribution is -0.385. The lowest BCUT2D eigenvalue weighted by Gasteiger charge is -2.20. The first-order valence-electron chi connectivity index (χ1n) is 17.7. The summed E-state index contributed by atoms with van der Waals surface area (Å²) in [6.45, 7) is 16.3. The van der Waals surface area contributed by atoms with Crippen LogP contribution in [0.5, 0.6) is 0 Å². The molecule has 5 aromatic rings. The summed E-state index contributed by atoms with van der Waals surface area (Å²) in [7, 11) is -13.7. The summed E-state index contributed by atoms with van der Waals surface area (Å²) in [5.41, 5.74) is 6.47. The molecule has 0 unspecified atom stereocenters. The van der Waals surface area contributed by atoms with Crippen LogP contribution in [0.25, 0.3) is 0 Å². The van der Waals surface area contributed by atoms with Gasteiger partial charge in [-0.05, 0) is 90.4 Å². The van der Waals surface area contributed by atoms with E-state index in [2.05, 4.69) is 79.7 Å². The maximum atomic E-state index is 13.3. The zero-order chi connectivity index (χ0) is 42.4. The molecule has 0 spiro atoms. The molecule has 0 aliphatic carbocycles. The largest absolute Gasteiger partial charge is 0.673 e. The Morgan fingerprint density at radius 1 is 0.526 bits per heavy atom. The van der Waals surface area contributed by atoms with Crippen molar-refractivity contribution < 1.29 is 39.1 Å². The van der Waals surface area contributed by atoms with Crippen molar-refractivity contribution in [1.82, 2.24) is 0 Å². The first-order valence-corrected chi connectivity index (χ1v) is 20.7. The highest BCUT2D eigenvalue weighted by molar-refractivity contribution is 7.93. The molecule has 0 aliphatic rings. The van der Waals surface area contributed by atoms with Crippen LogP contribution in [0.3, 0.4) is 0 Å². The van der Waals surface area contributed by atoms with Crippen molar-refractivity contribution in [1.29, 1.82) is 0 Å². The summed E-state index contributed by atoms with van der Waals surface area (Å²) in [5, 5.41) is 0. The lowest BCUT2D eigenvalue weighted by atomic mass is 9.86. The van der Waals surface area contributed by atoms with Crippen molar-refractivity contribution in [3.8, 4) is 23.7 Å². The Labute approximate surface area is 333 Å². The predicted octanol–water partition coefficient (Wildman–Crippen LogP) is 9.41. The van der Waals surface area contributed by atoms with Gasteiger partial charge in [-0.1, -0.05) is 101 Å². The van der Waals surface area contributed by atoms with Crippen molar-refractivity contribution in [2.75, 3.05) is 9.44 Å². The van der Waals surface area contributed by atoms with Gasteiger partial charge < -0.3 is 17.3 Å². The zero-order valence-corrected chi connectivity index (χ0v) is 34.5. The number of hydrogen-bond donors (Lipinski definition) is 2. The van der Waals surface area contributed by atoms with E-state index in [4.69, 9.17) is 0 Å². The average Bonchev–Trinajstić information content (AvgIpc) is 3.09. The summed E-state index contributed by atoms with van der Waals surface area (Å²) in [5.74, 6) is 12.6. The Bertz CT molecular complexity index is 2420. The summed E-state index contributed by atoms with van der Waals surface area (Å²) in [6.07, 6.45) is 0. The van der Waals surface area contributed by atoms with Crippen LogP contribution in [0.2, 0.25) is 0 Å². The van der Waals surface area contributed by atoms with Crippen LogP contribution in [0.15, 0.2) is 113 Å². The molecule has 0 bridgehead atoms. The average molecular weight is 818 g/mol.